The van der Waals surface area contributed by atoms with E-state index in [4.69, 9.17) is 0 Å². The molecule has 112 valence electrons. The van der Waals surface area contributed by atoms with E-state index in [9.17, 15) is 15.0 Å². The van der Waals surface area contributed by atoms with Crippen LogP contribution in [0.5, 0.6) is 5.75 Å². The first-order valence-corrected chi connectivity index (χ1v) is 7.02. The van der Waals surface area contributed by atoms with Crippen LogP contribution >= 0.6 is 0 Å². The molecule has 0 aliphatic heterocycles. The largest absolute Gasteiger partial charge is 0.508 e. The fourth-order valence-corrected chi connectivity index (χ4v) is 2.97. The molecular formula is C18H17NO3. The minimum atomic E-state index is -0.906. The summed E-state index contributed by atoms with van der Waals surface area (Å²) in [6.07, 6.45) is 0. The summed E-state index contributed by atoms with van der Waals surface area (Å²) in [4.78, 5) is 11.5. The Bertz CT molecular complexity index is 906. The third-order valence-electron chi connectivity index (χ3n) is 4.23. The zero-order valence-corrected chi connectivity index (χ0v) is 12.7. The molecule has 1 aromatic heterocycles. The Balaban J connectivity index is 2.27. The van der Waals surface area contributed by atoms with Crippen molar-refractivity contribution in [2.75, 3.05) is 0 Å². The van der Waals surface area contributed by atoms with Crippen molar-refractivity contribution in [3.05, 3.63) is 53.2 Å². The zero-order valence-electron chi connectivity index (χ0n) is 12.7. The fourth-order valence-electron chi connectivity index (χ4n) is 2.97. The molecule has 0 spiro atoms. The molecule has 4 heteroatoms. The first kappa shape index (κ1) is 14.2. The third-order valence-corrected chi connectivity index (χ3v) is 4.23. The number of aromatic carboxylic acids is 1. The predicted octanol–water partition coefficient (Wildman–Crippen LogP) is 3.87. The van der Waals surface area contributed by atoms with Gasteiger partial charge in [-0.05, 0) is 48.7 Å². The number of aryl methyl sites for hydroxylation is 2. The third kappa shape index (κ3) is 2.04. The number of hydrogen-bond acceptors (Lipinski definition) is 2. The summed E-state index contributed by atoms with van der Waals surface area (Å²) in [5.74, 6) is -0.665. The van der Waals surface area contributed by atoms with Crippen molar-refractivity contribution < 1.29 is 15.0 Å². The highest BCUT2D eigenvalue weighted by molar-refractivity contribution is 6.06. The minimum absolute atomic E-state index is 0.241. The summed E-state index contributed by atoms with van der Waals surface area (Å²) in [5.41, 5.74) is 4.98. The van der Waals surface area contributed by atoms with Gasteiger partial charge in [0.15, 0.2) is 0 Å². The molecule has 0 fully saturated rings. The number of phenolic OH excluding ortho intramolecular Hbond substituents is 1. The van der Waals surface area contributed by atoms with Gasteiger partial charge in [-0.25, -0.2) is 4.79 Å². The quantitative estimate of drug-likeness (QED) is 0.754. The number of phenols is 1. The van der Waals surface area contributed by atoms with Crippen LogP contribution in [0.2, 0.25) is 0 Å². The number of carboxylic acids is 1. The molecule has 2 N–H and O–H groups in total. The Kier molecular flexibility index (Phi) is 3.17. The van der Waals surface area contributed by atoms with Gasteiger partial charge in [-0.1, -0.05) is 18.2 Å². The van der Waals surface area contributed by atoms with Crippen LogP contribution < -0.4 is 0 Å². The molecule has 22 heavy (non-hydrogen) atoms. The van der Waals surface area contributed by atoms with Crippen LogP contribution in [-0.2, 0) is 7.05 Å². The second-order valence-corrected chi connectivity index (χ2v) is 5.56. The van der Waals surface area contributed by atoms with E-state index in [1.165, 1.54) is 0 Å². The van der Waals surface area contributed by atoms with Crippen molar-refractivity contribution in [1.82, 2.24) is 4.57 Å². The van der Waals surface area contributed by atoms with Crippen LogP contribution in [0.3, 0.4) is 0 Å². The topological polar surface area (TPSA) is 62.5 Å². The van der Waals surface area contributed by atoms with Gasteiger partial charge in [-0.15, -0.1) is 0 Å². The van der Waals surface area contributed by atoms with Crippen molar-refractivity contribution >= 4 is 16.9 Å². The molecule has 0 radical (unpaired) electrons. The first-order valence-electron chi connectivity index (χ1n) is 7.02. The molecule has 2 aromatic carbocycles. The number of benzene rings is 2. The second-order valence-electron chi connectivity index (χ2n) is 5.56. The maximum absolute atomic E-state index is 11.5. The summed E-state index contributed by atoms with van der Waals surface area (Å²) in [7, 11) is 1.87. The maximum Gasteiger partial charge on any atom is 0.338 e. The van der Waals surface area contributed by atoms with Gasteiger partial charge in [0.2, 0.25) is 0 Å². The first-order chi connectivity index (χ1) is 10.4. The van der Waals surface area contributed by atoms with Gasteiger partial charge in [0, 0.05) is 23.6 Å². The van der Waals surface area contributed by atoms with E-state index in [1.807, 2.05) is 49.7 Å². The number of aromatic hydroxyl groups is 1. The van der Waals surface area contributed by atoms with E-state index >= 15 is 0 Å². The van der Waals surface area contributed by atoms with Crippen molar-refractivity contribution in [2.24, 2.45) is 7.05 Å². The van der Waals surface area contributed by atoms with Crippen molar-refractivity contribution in [3.8, 4) is 16.9 Å². The van der Waals surface area contributed by atoms with Crippen molar-refractivity contribution in [2.45, 2.75) is 13.8 Å². The van der Waals surface area contributed by atoms with E-state index in [1.54, 1.807) is 12.1 Å². The molecule has 4 nitrogen and oxygen atoms in total. The van der Waals surface area contributed by atoms with Gasteiger partial charge in [-0.3, -0.25) is 0 Å². The Labute approximate surface area is 128 Å². The number of carbonyl (C=O) groups is 1. The highest BCUT2D eigenvalue weighted by Gasteiger charge is 2.18. The number of fused-ring (bicyclic) bond motifs is 1. The Morgan fingerprint density at radius 1 is 1.09 bits per heavy atom. The standard InChI is InChI=1S/C18H17NO3/c1-10-8-13(20)5-7-14(10)12-4-6-15-16(9-12)19(3)11(2)17(15)18(21)22/h4-9,20H,1-3H3,(H,21,22). The number of aromatic nitrogens is 1. The Morgan fingerprint density at radius 2 is 1.82 bits per heavy atom. The van der Waals surface area contributed by atoms with Crippen LogP contribution in [0, 0.1) is 13.8 Å². The van der Waals surface area contributed by atoms with E-state index in [2.05, 4.69) is 0 Å². The lowest BCUT2D eigenvalue weighted by atomic mass is 9.99. The fraction of sp³-hybridized carbons (Fsp3) is 0.167. The molecule has 0 aliphatic rings. The number of carboxylic acid groups (broad SMARTS) is 1. The van der Waals surface area contributed by atoms with Gasteiger partial charge in [0.1, 0.15) is 5.75 Å². The van der Waals surface area contributed by atoms with Crippen molar-refractivity contribution in [1.29, 1.82) is 0 Å². The second kappa shape index (κ2) is 4.91. The Morgan fingerprint density at radius 3 is 2.45 bits per heavy atom. The number of rotatable bonds is 2. The molecule has 0 unspecified atom stereocenters. The predicted molar refractivity (Wildman–Crippen MR) is 86.5 cm³/mol. The molecule has 0 bridgehead atoms. The molecule has 1 heterocycles. The lowest BCUT2D eigenvalue weighted by Gasteiger charge is -2.08. The highest BCUT2D eigenvalue weighted by atomic mass is 16.4. The molecule has 0 saturated carbocycles. The normalized spacial score (nSPS) is 11.0. The summed E-state index contributed by atoms with van der Waals surface area (Å²) in [5, 5.41) is 19.7. The smallest absolute Gasteiger partial charge is 0.338 e. The molecule has 3 rings (SSSR count). The monoisotopic (exact) mass is 295 g/mol. The van der Waals surface area contributed by atoms with E-state index in [-0.39, 0.29) is 5.75 Å². The van der Waals surface area contributed by atoms with Gasteiger partial charge >= 0.3 is 5.97 Å². The molecular weight excluding hydrogens is 278 g/mol. The zero-order chi connectivity index (χ0) is 16.0. The Hall–Kier alpha value is -2.75. The van der Waals surface area contributed by atoms with Crippen LogP contribution in [0.1, 0.15) is 21.6 Å². The van der Waals surface area contributed by atoms with Crippen LogP contribution in [0.25, 0.3) is 22.0 Å². The van der Waals surface area contributed by atoms with E-state index < -0.39 is 5.97 Å². The van der Waals surface area contributed by atoms with Gasteiger partial charge in [0.05, 0.1) is 5.56 Å². The van der Waals surface area contributed by atoms with Gasteiger partial charge in [0.25, 0.3) is 0 Å². The van der Waals surface area contributed by atoms with Crippen LogP contribution in [0.15, 0.2) is 36.4 Å². The maximum atomic E-state index is 11.5. The molecule has 0 aliphatic carbocycles. The average Bonchev–Trinajstić information content (AvgIpc) is 2.71. The average molecular weight is 295 g/mol. The highest BCUT2D eigenvalue weighted by Crippen LogP contribution is 2.32. The minimum Gasteiger partial charge on any atom is -0.508 e. The van der Waals surface area contributed by atoms with E-state index in [0.717, 1.165) is 33.3 Å². The SMILES string of the molecule is Cc1cc(O)ccc1-c1ccc2c(C(=O)O)c(C)n(C)c2c1. The summed E-state index contributed by atoms with van der Waals surface area (Å²) in [6, 6.07) is 11.0. The number of hydrogen-bond donors (Lipinski definition) is 2. The van der Waals surface area contributed by atoms with Crippen LogP contribution in [0.4, 0.5) is 0 Å². The van der Waals surface area contributed by atoms with Crippen molar-refractivity contribution in [3.63, 3.8) is 0 Å². The van der Waals surface area contributed by atoms with Crippen LogP contribution in [-0.4, -0.2) is 20.7 Å². The summed E-state index contributed by atoms with van der Waals surface area (Å²) >= 11 is 0. The molecule has 0 saturated heterocycles. The molecule has 0 amide bonds. The number of nitrogens with zero attached hydrogens (tertiary/aromatic N) is 1. The molecule has 0 atom stereocenters. The van der Waals surface area contributed by atoms with Gasteiger partial charge < -0.3 is 14.8 Å². The lowest BCUT2D eigenvalue weighted by molar-refractivity contribution is 0.0698. The van der Waals surface area contributed by atoms with Gasteiger partial charge in [-0.2, -0.15) is 0 Å². The summed E-state index contributed by atoms with van der Waals surface area (Å²) in [6.45, 7) is 3.76. The summed E-state index contributed by atoms with van der Waals surface area (Å²) < 4.78 is 1.90. The lowest BCUT2D eigenvalue weighted by Crippen LogP contribution is -1.99. The molecule has 3 aromatic rings. The van der Waals surface area contributed by atoms with E-state index in [0.29, 0.717) is 5.56 Å².